The molecule has 1 saturated heterocycles. The summed E-state index contributed by atoms with van der Waals surface area (Å²) in [4.78, 5) is 105. The average Bonchev–Trinajstić information content (AvgIpc) is 3.77. The Kier molecular flexibility index (Phi) is 11.4. The lowest BCUT2D eigenvalue weighted by molar-refractivity contribution is -0.151. The topological polar surface area (TPSA) is 317 Å². The summed E-state index contributed by atoms with van der Waals surface area (Å²) in [6.07, 6.45) is -1.92. The number of thioether (sulfide) groups is 2. The third-order valence-electron chi connectivity index (χ3n) is 7.76. The van der Waals surface area contributed by atoms with E-state index in [0.717, 1.165) is 47.9 Å². The molecule has 6 rings (SSSR count). The van der Waals surface area contributed by atoms with Crippen LogP contribution < -0.4 is 20.5 Å². The van der Waals surface area contributed by atoms with Crippen LogP contribution in [0, 0.1) is 6.92 Å². The van der Waals surface area contributed by atoms with Gasteiger partial charge < -0.3 is 40.7 Å². The van der Waals surface area contributed by atoms with Gasteiger partial charge in [0.25, 0.3) is 23.4 Å². The molecule has 2 amide bonds. The van der Waals surface area contributed by atoms with Crippen LogP contribution >= 0.6 is 34.9 Å². The smallest absolute Gasteiger partial charge is 0.375 e. The Bertz CT molecular complexity index is 2450. The van der Waals surface area contributed by atoms with Crippen LogP contribution in [0.4, 0.5) is 5.13 Å². The lowest BCUT2D eigenvalue weighted by atomic mass is 10.0. The van der Waals surface area contributed by atoms with Crippen molar-refractivity contribution in [2.75, 3.05) is 17.2 Å². The number of esters is 2. The first-order valence-electron chi connectivity index (χ1n) is 16.0. The van der Waals surface area contributed by atoms with Gasteiger partial charge in [0, 0.05) is 42.0 Å². The van der Waals surface area contributed by atoms with Gasteiger partial charge in [-0.2, -0.15) is 9.50 Å². The molecule has 6 N–H and O–H groups in total. The fourth-order valence-corrected chi connectivity index (χ4v) is 8.51. The number of aromatic carboxylic acids is 1. The lowest BCUT2D eigenvalue weighted by Crippen LogP contribution is -2.71. The van der Waals surface area contributed by atoms with E-state index in [9.17, 15) is 48.9 Å². The Hall–Kier alpha value is -6.60. The molecule has 57 heavy (non-hydrogen) atoms. The number of nitrogens with one attached hydrogen (secondary N) is 1. The number of hydrogen-bond acceptors (Lipinski definition) is 19. The van der Waals surface area contributed by atoms with Gasteiger partial charge in [-0.25, -0.2) is 24.4 Å². The van der Waals surface area contributed by atoms with E-state index in [1.54, 1.807) is 13.0 Å². The number of thiazole rings is 1. The number of anilines is 1. The van der Waals surface area contributed by atoms with E-state index in [0.29, 0.717) is 16.3 Å². The lowest BCUT2D eigenvalue weighted by Gasteiger charge is -2.49. The van der Waals surface area contributed by atoms with Crippen molar-refractivity contribution in [1.82, 2.24) is 34.8 Å². The summed E-state index contributed by atoms with van der Waals surface area (Å²) >= 11 is 3.22. The zero-order valence-electron chi connectivity index (χ0n) is 29.4. The molecule has 3 aromatic heterocycles. The highest BCUT2D eigenvalue weighted by molar-refractivity contribution is 8.01. The maximum atomic E-state index is 13.7. The molecule has 5 heterocycles. The molecule has 0 radical (unpaired) electrons. The molecule has 2 aliphatic rings. The molecule has 25 heteroatoms. The quantitative estimate of drug-likeness (QED) is 0.0226. The fraction of sp³-hybridized carbons (Fsp3) is 0.250. The van der Waals surface area contributed by atoms with Crippen molar-refractivity contribution in [2.45, 2.75) is 43.3 Å². The summed E-state index contributed by atoms with van der Waals surface area (Å²) in [6.45, 7) is 3.84. The Morgan fingerprint density at radius 2 is 1.75 bits per heavy atom. The summed E-state index contributed by atoms with van der Waals surface area (Å²) in [5.74, 6) is -8.46. The number of benzene rings is 1. The van der Waals surface area contributed by atoms with Crippen LogP contribution in [-0.4, -0.2) is 115 Å². The Morgan fingerprint density at radius 1 is 1.04 bits per heavy atom. The number of β-lactam (4-membered cyclic amide) rings is 1. The molecular formula is C32H27N9O13S3. The van der Waals surface area contributed by atoms with E-state index in [4.69, 9.17) is 20.0 Å². The third kappa shape index (κ3) is 8.48. The van der Waals surface area contributed by atoms with Crippen molar-refractivity contribution in [1.29, 1.82) is 0 Å². The third-order valence-corrected chi connectivity index (χ3v) is 10.9. The molecule has 0 unspecified atom stereocenters. The summed E-state index contributed by atoms with van der Waals surface area (Å²) in [5.41, 5.74) is 5.48. The van der Waals surface area contributed by atoms with Gasteiger partial charge in [-0.15, -0.1) is 40.0 Å². The molecule has 3 atom stereocenters. The number of nitrogens with two attached hydrogens (primary N) is 1. The van der Waals surface area contributed by atoms with Gasteiger partial charge in [0.05, 0.1) is 0 Å². The monoisotopic (exact) mass is 841 g/mol. The molecule has 2 aliphatic heterocycles. The number of aromatic nitrogens is 5. The van der Waals surface area contributed by atoms with Crippen LogP contribution in [0.15, 0.2) is 51.1 Å². The maximum absolute atomic E-state index is 13.7. The summed E-state index contributed by atoms with van der Waals surface area (Å²) in [7, 11) is 0. The number of amides is 2. The Morgan fingerprint density at radius 3 is 2.39 bits per heavy atom. The van der Waals surface area contributed by atoms with Gasteiger partial charge in [0.2, 0.25) is 6.10 Å². The Balaban J connectivity index is 1.22. The second-order valence-electron chi connectivity index (χ2n) is 11.8. The maximum Gasteiger partial charge on any atom is 0.375 e. The standard InChI is InChI=1S/C32H27N9O13S3/c1-11-6-19(41-32(34-11)37-24(38-41)30(50)51)55-8-15-9-56-27-21(26(45)40(27)22(15)28(46)47)36-25(44)20(16-10-57-31(33)35-16)39-54-23(29(48)49)14-4-5-17(52-12(2)42)18(7-14)53-13(3)43/h4-7,10,21,23,27H,8-9H2,1-3H3,(H2,33,35)(H,36,44)(H,46,47)(H,48,49)(H,50,51)/b39-20-/t21-,23-,27-/m1/s1. The van der Waals surface area contributed by atoms with Gasteiger partial charge in [-0.1, -0.05) is 11.2 Å². The first-order valence-corrected chi connectivity index (χ1v) is 18.9. The predicted molar refractivity (Wildman–Crippen MR) is 196 cm³/mol. The molecule has 0 spiro atoms. The van der Waals surface area contributed by atoms with Crippen molar-refractivity contribution >= 4 is 93.1 Å². The number of aryl methyl sites for hydroxylation is 1. The number of aliphatic carboxylic acids is 2. The van der Waals surface area contributed by atoms with Gasteiger partial charge in [-0.3, -0.25) is 24.1 Å². The number of nitrogens with zero attached hydrogens (tertiary/aromatic N) is 7. The number of carboxylic acids is 3. The number of hydrogen-bond donors (Lipinski definition) is 5. The van der Waals surface area contributed by atoms with Gasteiger partial charge >= 0.3 is 29.8 Å². The van der Waals surface area contributed by atoms with E-state index in [1.807, 2.05) is 0 Å². The van der Waals surface area contributed by atoms with Crippen LogP contribution in [0.1, 0.15) is 47.5 Å². The van der Waals surface area contributed by atoms with Crippen LogP contribution in [0.5, 0.6) is 11.5 Å². The van der Waals surface area contributed by atoms with Crippen LogP contribution in [0.3, 0.4) is 0 Å². The highest BCUT2D eigenvalue weighted by Gasteiger charge is 2.54. The van der Waals surface area contributed by atoms with Gasteiger partial charge in [0.15, 0.2) is 22.3 Å². The largest absolute Gasteiger partial charge is 0.478 e. The highest BCUT2D eigenvalue weighted by Crippen LogP contribution is 2.42. The van der Waals surface area contributed by atoms with Crippen molar-refractivity contribution in [3.05, 3.63) is 63.7 Å². The molecule has 22 nitrogen and oxygen atoms in total. The molecule has 0 bridgehead atoms. The normalized spacial score (nSPS) is 17.0. The second kappa shape index (κ2) is 16.2. The van der Waals surface area contributed by atoms with Crippen LogP contribution in [0.25, 0.3) is 5.78 Å². The zero-order chi connectivity index (χ0) is 41.3. The first-order chi connectivity index (χ1) is 27.0. The number of carbonyl (C=O) groups is 7. The van der Waals surface area contributed by atoms with E-state index in [-0.39, 0.29) is 50.9 Å². The molecule has 296 valence electrons. The number of fused-ring (bicyclic) bond motifs is 2. The fourth-order valence-electron chi connectivity index (χ4n) is 5.43. The summed E-state index contributed by atoms with van der Waals surface area (Å²) in [6, 6.07) is 3.80. The highest BCUT2D eigenvalue weighted by atomic mass is 32.2. The minimum atomic E-state index is -1.92. The Labute approximate surface area is 331 Å². The second-order valence-corrected chi connectivity index (χ2v) is 14.8. The molecular weight excluding hydrogens is 815 g/mol. The summed E-state index contributed by atoms with van der Waals surface area (Å²) in [5, 5.41) is 40.7. The number of carboxylic acid groups (broad SMARTS) is 3. The SMILES string of the molecule is CC(=O)Oc1ccc([C@@H](O/N=C(\C(=O)N[C@@H]2C(=O)N3C(C(=O)O)=C(CSc4cc(C)nc5nc(C(=O)O)nn45)CS[C@H]23)c2csc(N)n2)C(=O)O)cc1OC(C)=O. The van der Waals surface area contributed by atoms with Gasteiger partial charge in [-0.05, 0) is 30.7 Å². The molecule has 1 fully saturated rings. The van der Waals surface area contributed by atoms with E-state index < -0.39 is 70.7 Å². The predicted octanol–water partition coefficient (Wildman–Crippen LogP) is 1.10. The average molecular weight is 842 g/mol. The minimum Gasteiger partial charge on any atom is -0.478 e. The zero-order valence-corrected chi connectivity index (χ0v) is 31.8. The molecule has 4 aromatic rings. The molecule has 0 aliphatic carbocycles. The first kappa shape index (κ1) is 40.1. The van der Waals surface area contributed by atoms with Crippen molar-refractivity contribution in [3.63, 3.8) is 0 Å². The number of carbonyl (C=O) groups excluding carboxylic acids is 4. The van der Waals surface area contributed by atoms with Crippen molar-refractivity contribution in [3.8, 4) is 11.5 Å². The van der Waals surface area contributed by atoms with E-state index >= 15 is 0 Å². The number of oxime groups is 1. The van der Waals surface area contributed by atoms with Crippen molar-refractivity contribution < 1.29 is 63.2 Å². The number of nitrogen functional groups attached to an aromatic ring is 1. The van der Waals surface area contributed by atoms with Crippen molar-refractivity contribution in [2.24, 2.45) is 5.16 Å². The molecule has 1 aromatic carbocycles. The summed E-state index contributed by atoms with van der Waals surface area (Å²) < 4.78 is 11.3. The van der Waals surface area contributed by atoms with Gasteiger partial charge in [0.1, 0.15) is 27.8 Å². The number of rotatable bonds is 14. The van der Waals surface area contributed by atoms with E-state index in [1.165, 1.54) is 33.8 Å². The molecule has 0 saturated carbocycles. The van der Waals surface area contributed by atoms with E-state index in [2.05, 4.69) is 30.5 Å². The van der Waals surface area contributed by atoms with Crippen LogP contribution in [-0.2, 0) is 33.6 Å². The minimum absolute atomic E-state index is 0.0107. The van der Waals surface area contributed by atoms with Crippen LogP contribution in [0.2, 0.25) is 0 Å². The number of ether oxygens (including phenoxy) is 2.